The van der Waals surface area contributed by atoms with E-state index in [1.165, 1.54) is 55.1 Å². The summed E-state index contributed by atoms with van der Waals surface area (Å²) in [7, 11) is 0. The van der Waals surface area contributed by atoms with Gasteiger partial charge in [-0.1, -0.05) is 54.6 Å². The van der Waals surface area contributed by atoms with Gasteiger partial charge in [-0.05, 0) is 74.1 Å². The lowest BCUT2D eigenvalue weighted by atomic mass is 9.99. The van der Waals surface area contributed by atoms with Crippen molar-refractivity contribution in [2.24, 2.45) is 11.5 Å². The van der Waals surface area contributed by atoms with Gasteiger partial charge >= 0.3 is 0 Å². The van der Waals surface area contributed by atoms with Gasteiger partial charge in [0.25, 0.3) is 0 Å². The molecule has 0 unspecified atom stereocenters. The Kier molecular flexibility index (Phi) is 21.1. The van der Waals surface area contributed by atoms with Crippen LogP contribution >= 0.6 is 0 Å². The van der Waals surface area contributed by atoms with Crippen molar-refractivity contribution in [2.75, 3.05) is 26.2 Å². The molecule has 3 aromatic carbocycles. The fourth-order valence-corrected chi connectivity index (χ4v) is 8.23. The quantitative estimate of drug-likeness (QED) is 0.0401. The molecule has 16 N–H and O–H groups in total. The monoisotopic (exact) mass is 1040 g/mol. The minimum atomic E-state index is -1.88. The van der Waals surface area contributed by atoms with Crippen LogP contribution in [0.3, 0.4) is 0 Å². The Morgan fingerprint density at radius 2 is 1.27 bits per heavy atom. The van der Waals surface area contributed by atoms with Crippen LogP contribution in [0.4, 0.5) is 0 Å². The summed E-state index contributed by atoms with van der Waals surface area (Å²) in [6, 6.07) is 12.7. The highest BCUT2D eigenvalue weighted by atomic mass is 16.7. The van der Waals surface area contributed by atoms with Crippen molar-refractivity contribution < 1.29 is 78.5 Å². The van der Waals surface area contributed by atoms with E-state index >= 15 is 0 Å². The first-order valence-electron chi connectivity index (χ1n) is 23.8. The normalized spacial score (nSPS) is 21.9. The zero-order valence-corrected chi connectivity index (χ0v) is 40.7. The molecule has 402 valence electrons. The molecule has 0 bridgehead atoms. The Hall–Kier alpha value is -7.26. The van der Waals surface area contributed by atoms with Crippen LogP contribution in [0.5, 0.6) is 11.5 Å². The molecule has 0 spiro atoms. The van der Waals surface area contributed by atoms with Gasteiger partial charge in [0.2, 0.25) is 47.3 Å². The minimum Gasteiger partial charge on any atom is -0.508 e. The number of likely N-dealkylation sites (tertiary alicyclic amines) is 1. The first-order chi connectivity index (χ1) is 35.1. The number of ether oxygens (including phenoxy) is 2. The van der Waals surface area contributed by atoms with Gasteiger partial charge in [-0.3, -0.25) is 38.4 Å². The topological polar surface area (TPSA) is 404 Å². The number of nitrogens with zero attached hydrogens (tertiary/aromatic N) is 1. The summed E-state index contributed by atoms with van der Waals surface area (Å²) in [4.78, 5) is 109. The van der Waals surface area contributed by atoms with E-state index in [0.29, 0.717) is 23.1 Å². The number of aliphatic hydroxyl groups is 4. The van der Waals surface area contributed by atoms with Crippen LogP contribution in [0, 0.1) is 0 Å². The fourth-order valence-electron chi connectivity index (χ4n) is 8.23. The Bertz CT molecular complexity index is 2420. The smallest absolute Gasteiger partial charge is 0.246 e. The van der Waals surface area contributed by atoms with E-state index < -0.39 is 140 Å². The van der Waals surface area contributed by atoms with Crippen molar-refractivity contribution in [3.63, 3.8) is 0 Å². The summed E-state index contributed by atoms with van der Waals surface area (Å²) in [6.07, 6.45) is -9.68. The second-order valence-electron chi connectivity index (χ2n) is 18.1. The number of rotatable bonds is 24. The van der Waals surface area contributed by atoms with Crippen molar-refractivity contribution in [3.05, 3.63) is 95.6 Å². The molecular weight excluding hydrogens is 971 g/mol. The first-order valence-corrected chi connectivity index (χ1v) is 23.8. The highest BCUT2D eigenvalue weighted by Crippen LogP contribution is 2.25. The number of phenols is 2. The lowest BCUT2D eigenvalue weighted by Crippen LogP contribution is -2.62. The number of nitrogens with two attached hydrogens (primary N) is 2. The van der Waals surface area contributed by atoms with Gasteiger partial charge in [0.05, 0.1) is 31.8 Å². The van der Waals surface area contributed by atoms with E-state index in [-0.39, 0.29) is 43.7 Å². The molecule has 25 heteroatoms. The van der Waals surface area contributed by atoms with Crippen molar-refractivity contribution in [2.45, 2.75) is 119 Å². The third-order valence-electron chi connectivity index (χ3n) is 12.4. The van der Waals surface area contributed by atoms with Crippen molar-refractivity contribution in [3.8, 4) is 11.5 Å². The Morgan fingerprint density at radius 3 is 1.88 bits per heavy atom. The molecule has 2 aliphatic rings. The Labute approximate surface area is 425 Å². The molecule has 3 aromatic rings. The fraction of sp³-hybridized carbons (Fsp3) is 0.469. The van der Waals surface area contributed by atoms with Gasteiger partial charge in [0, 0.05) is 19.4 Å². The molecule has 0 aliphatic carbocycles. The molecule has 0 saturated carbocycles. The molecule has 0 aromatic heterocycles. The number of nitrogens with one attached hydrogen (secondary N) is 6. The number of hydrogen-bond donors (Lipinski definition) is 14. The molecule has 2 fully saturated rings. The number of phenolic OH excluding ortho intramolecular Hbond substituents is 2. The van der Waals surface area contributed by atoms with Crippen LogP contribution in [0.1, 0.15) is 43.4 Å². The Balaban J connectivity index is 1.28. The zero-order valence-electron chi connectivity index (χ0n) is 40.7. The molecule has 8 amide bonds. The third kappa shape index (κ3) is 16.4. The van der Waals surface area contributed by atoms with Gasteiger partial charge in [-0.25, -0.2) is 0 Å². The SMILES string of the molecule is C[C@@H](NC(=O)[C@@H](N)Cc1ccc(O)cc1)C(=O)N[C@@H](Cc1ccccc1)C(=O)NCC(=O)N[C@@H](Cc1ccc(O)cc1)C(=O)N1CCC[C@H]1C(=O)N[C@H](C(=O)NCC(N)=O)[C@@H](C)O[C@@H]1O[C@H](CO)[C@@H](O)[C@H](O)[C@H]1O. The third-order valence-corrected chi connectivity index (χ3v) is 12.4. The molecule has 25 nitrogen and oxygen atoms in total. The summed E-state index contributed by atoms with van der Waals surface area (Å²) in [5.41, 5.74) is 13.1. The van der Waals surface area contributed by atoms with E-state index in [4.69, 9.17) is 20.9 Å². The first kappa shape index (κ1) is 57.6. The highest BCUT2D eigenvalue weighted by Gasteiger charge is 2.46. The van der Waals surface area contributed by atoms with Crippen molar-refractivity contribution in [1.82, 2.24) is 36.8 Å². The number of carbonyl (C=O) groups excluding carboxylic acids is 8. The predicted octanol–water partition coefficient (Wildman–Crippen LogP) is -4.67. The molecule has 12 atom stereocenters. The average molecular weight is 1040 g/mol. The summed E-state index contributed by atoms with van der Waals surface area (Å²) in [5.74, 6) is -6.63. The number of benzene rings is 3. The maximum absolute atomic E-state index is 14.5. The molecule has 5 rings (SSSR count). The van der Waals surface area contributed by atoms with Crippen molar-refractivity contribution in [1.29, 1.82) is 0 Å². The van der Waals surface area contributed by atoms with E-state index in [9.17, 15) is 69.0 Å². The van der Waals surface area contributed by atoms with Crippen molar-refractivity contribution >= 4 is 47.3 Å². The van der Waals surface area contributed by atoms with Crippen LogP contribution in [-0.4, -0.2) is 182 Å². The number of hydrogen-bond acceptors (Lipinski definition) is 17. The van der Waals surface area contributed by atoms with Crippen LogP contribution in [-0.2, 0) is 67.1 Å². The lowest BCUT2D eigenvalue weighted by molar-refractivity contribution is -0.311. The van der Waals surface area contributed by atoms with Gasteiger partial charge < -0.3 is 88.4 Å². The minimum absolute atomic E-state index is 0.00909. The van der Waals surface area contributed by atoms with Gasteiger partial charge in [0.15, 0.2) is 6.29 Å². The highest BCUT2D eigenvalue weighted by molar-refractivity contribution is 5.97. The van der Waals surface area contributed by atoms with Gasteiger partial charge in [-0.2, -0.15) is 0 Å². The van der Waals surface area contributed by atoms with Gasteiger partial charge in [0.1, 0.15) is 66.1 Å². The molecule has 2 aliphatic heterocycles. The van der Waals surface area contributed by atoms with E-state index in [2.05, 4.69) is 31.9 Å². The summed E-state index contributed by atoms with van der Waals surface area (Å²) in [6.45, 7) is 0.550. The number of carbonyl (C=O) groups is 8. The second-order valence-corrected chi connectivity index (χ2v) is 18.1. The summed E-state index contributed by atoms with van der Waals surface area (Å²) < 4.78 is 11.1. The molecule has 74 heavy (non-hydrogen) atoms. The number of aliphatic hydroxyl groups excluding tert-OH is 4. The van der Waals surface area contributed by atoms with E-state index in [0.717, 1.165) is 0 Å². The summed E-state index contributed by atoms with van der Waals surface area (Å²) in [5, 5.41) is 75.3. The molecule has 2 saturated heterocycles. The number of aromatic hydroxyl groups is 2. The van der Waals surface area contributed by atoms with Crippen LogP contribution in [0.15, 0.2) is 78.9 Å². The maximum atomic E-state index is 14.5. The predicted molar refractivity (Wildman–Crippen MR) is 259 cm³/mol. The van der Waals surface area contributed by atoms with E-state index in [1.54, 1.807) is 42.5 Å². The Morgan fingerprint density at radius 1 is 0.689 bits per heavy atom. The number of amides is 8. The molecule has 2 heterocycles. The van der Waals surface area contributed by atoms with E-state index in [1.807, 2.05) is 0 Å². The second kappa shape index (κ2) is 27.2. The average Bonchev–Trinajstić information content (AvgIpc) is 3.88. The molecular formula is C49H65N9O16. The maximum Gasteiger partial charge on any atom is 0.246 e. The number of primary amides is 1. The zero-order chi connectivity index (χ0) is 54.2. The van der Waals surface area contributed by atoms with Gasteiger partial charge in [-0.15, -0.1) is 0 Å². The van der Waals surface area contributed by atoms with Crippen LogP contribution in [0.2, 0.25) is 0 Å². The molecule has 0 radical (unpaired) electrons. The van der Waals surface area contributed by atoms with Crippen LogP contribution < -0.4 is 43.4 Å². The largest absolute Gasteiger partial charge is 0.508 e. The lowest BCUT2D eigenvalue weighted by Gasteiger charge is -2.41. The van der Waals surface area contributed by atoms with Crippen LogP contribution in [0.25, 0.3) is 0 Å². The standard InChI is InChI=1S/C49H65N9O16/c1-25(54-44(68)32(50)19-28-10-14-30(60)15-11-28)43(67)56-33(20-27-7-4-3-5-8-27)45(69)53-23-38(63)55-34(21-29-12-16-31(61)17-13-29)48(72)58-18-6-9-35(58)46(70)57-39(47(71)52-22-37(51)62)26(2)73-49-42(66)41(65)40(64)36(24-59)74-49/h3-5,7-8,10-17,25-26,32-36,39-42,49,59-61,64-66H,6,9,18-24,50H2,1-2H3,(H2,51,62)(H,52,71)(H,53,69)(H,54,68)(H,55,63)(H,56,67)(H,57,70)/t25-,26-,32+,33+,34+,35+,36-,39+,40-,41+,42-,49-/m1/s1. The summed E-state index contributed by atoms with van der Waals surface area (Å²) >= 11 is 0.